The number of benzene rings is 2. The van der Waals surface area contributed by atoms with Gasteiger partial charge in [0.1, 0.15) is 0 Å². The first kappa shape index (κ1) is 26.2. The number of aromatic nitrogens is 2. The van der Waals surface area contributed by atoms with Crippen molar-refractivity contribution in [3.63, 3.8) is 0 Å². The molecule has 0 atom stereocenters. The predicted octanol–water partition coefficient (Wildman–Crippen LogP) is 4.01. The van der Waals surface area contributed by atoms with E-state index >= 15 is 0 Å². The monoisotopic (exact) mass is 486 g/mol. The quantitative estimate of drug-likeness (QED) is 0.178. The van der Waals surface area contributed by atoms with Gasteiger partial charge in [0.05, 0.1) is 23.4 Å². The van der Waals surface area contributed by atoms with Crippen molar-refractivity contribution in [3.8, 4) is 22.4 Å². The minimum Gasteiger partial charge on any atom is -0.395 e. The summed E-state index contributed by atoms with van der Waals surface area (Å²) >= 11 is 0. The van der Waals surface area contributed by atoms with Gasteiger partial charge in [0, 0.05) is 36.4 Å². The van der Waals surface area contributed by atoms with E-state index in [1.807, 2.05) is 24.3 Å². The summed E-state index contributed by atoms with van der Waals surface area (Å²) in [5, 5.41) is 21.7. The lowest BCUT2D eigenvalue weighted by Crippen LogP contribution is -2.19. The second-order valence-electron chi connectivity index (χ2n) is 7.06. The maximum atomic E-state index is 12.1. The Kier molecular flexibility index (Phi) is 9.72. The highest BCUT2D eigenvalue weighted by atomic mass is 35.5. The lowest BCUT2D eigenvalue weighted by Gasteiger charge is -2.09. The minimum atomic E-state index is -0.605. The number of carbonyl (C=O) groups excluding carboxylic acids is 1. The van der Waals surface area contributed by atoms with Crippen LogP contribution in [0.15, 0.2) is 73.1 Å². The number of hydrogen-bond donors (Lipinski definition) is 4. The van der Waals surface area contributed by atoms with E-state index in [1.165, 1.54) is 0 Å². The van der Waals surface area contributed by atoms with Gasteiger partial charge in [-0.1, -0.05) is 48.5 Å². The number of carbonyl (C=O) groups is 1. The van der Waals surface area contributed by atoms with E-state index in [9.17, 15) is 4.79 Å². The molecule has 0 aliphatic carbocycles. The molecule has 2 aromatic carbocycles. The Hall–Kier alpha value is -3.07. The fourth-order valence-corrected chi connectivity index (χ4v) is 3.42. The van der Waals surface area contributed by atoms with Crippen LogP contribution in [-0.2, 0) is 6.54 Å². The molecule has 7 nitrogen and oxygen atoms in total. The van der Waals surface area contributed by atoms with Crippen LogP contribution in [0.2, 0.25) is 0 Å². The van der Waals surface area contributed by atoms with E-state index in [1.54, 1.807) is 30.0 Å². The number of nitrogens with one attached hydrogen (secondary N) is 2. The van der Waals surface area contributed by atoms with Crippen LogP contribution in [0.1, 0.15) is 15.9 Å². The molecular weight excluding hydrogens is 463 g/mol. The van der Waals surface area contributed by atoms with Crippen LogP contribution < -0.4 is 10.8 Å². The van der Waals surface area contributed by atoms with Gasteiger partial charge in [0.15, 0.2) is 0 Å². The fraction of sp³-hybridized carbons (Fsp3) is 0.125. The molecule has 4 N–H and O–H groups in total. The Morgan fingerprint density at radius 1 is 0.909 bits per heavy atom. The molecule has 0 spiro atoms. The summed E-state index contributed by atoms with van der Waals surface area (Å²) in [7, 11) is 0. The van der Waals surface area contributed by atoms with Crippen molar-refractivity contribution in [2.45, 2.75) is 6.54 Å². The molecule has 9 heteroatoms. The summed E-state index contributed by atoms with van der Waals surface area (Å²) in [4.78, 5) is 20.8. The highest BCUT2D eigenvalue weighted by Gasteiger charge is 2.13. The molecule has 0 bridgehead atoms. The number of halogens is 2. The molecule has 4 aromatic rings. The van der Waals surface area contributed by atoms with Crippen molar-refractivity contribution in [3.05, 3.63) is 84.2 Å². The van der Waals surface area contributed by atoms with Crippen molar-refractivity contribution in [1.29, 1.82) is 0 Å². The molecule has 0 radical (unpaired) electrons. The summed E-state index contributed by atoms with van der Waals surface area (Å²) in [6, 6.07) is 19.6. The lowest BCUT2D eigenvalue weighted by molar-refractivity contribution is 0.0708. The van der Waals surface area contributed by atoms with Crippen molar-refractivity contribution in [1.82, 2.24) is 20.8 Å². The molecule has 0 aliphatic heterocycles. The van der Waals surface area contributed by atoms with E-state index in [2.05, 4.69) is 39.6 Å². The number of aliphatic hydroxyl groups excluding tert-OH is 1. The first-order chi connectivity index (χ1) is 15.2. The molecule has 2 heterocycles. The van der Waals surface area contributed by atoms with Crippen LogP contribution in [0.3, 0.4) is 0 Å². The standard InChI is InChI=1S/C24H22N4O3.2ClH/c29-12-11-26-14-16-1-3-17(4-2-16)18-5-7-19(8-6-18)23-13-20(24(30)28-31)21-15-25-10-9-22(21)27-23;;/h1-10,13,15,26,29,31H,11-12,14H2,(H,28,30);2*1H. The number of amides is 1. The highest BCUT2D eigenvalue weighted by molar-refractivity contribution is 6.06. The summed E-state index contributed by atoms with van der Waals surface area (Å²) in [5.41, 5.74) is 7.43. The van der Waals surface area contributed by atoms with E-state index in [0.717, 1.165) is 22.3 Å². The second kappa shape index (κ2) is 12.2. The number of rotatable bonds is 7. The molecule has 0 unspecified atom stereocenters. The maximum Gasteiger partial charge on any atom is 0.275 e. The van der Waals surface area contributed by atoms with Crippen LogP contribution in [0.4, 0.5) is 0 Å². The van der Waals surface area contributed by atoms with E-state index < -0.39 is 5.91 Å². The zero-order valence-electron chi connectivity index (χ0n) is 17.6. The van der Waals surface area contributed by atoms with Crippen LogP contribution in [0.25, 0.3) is 33.3 Å². The van der Waals surface area contributed by atoms with Gasteiger partial charge in [-0.15, -0.1) is 24.8 Å². The fourth-order valence-electron chi connectivity index (χ4n) is 3.42. The highest BCUT2D eigenvalue weighted by Crippen LogP contribution is 2.27. The van der Waals surface area contributed by atoms with Gasteiger partial charge in [0.25, 0.3) is 5.91 Å². The molecular formula is C24H24Cl2N4O3. The Balaban J connectivity index is 0.00000193. The number of aliphatic hydroxyl groups is 1. The third-order valence-electron chi connectivity index (χ3n) is 5.04. The summed E-state index contributed by atoms with van der Waals surface area (Å²) in [5.74, 6) is -0.605. The predicted molar refractivity (Wildman–Crippen MR) is 133 cm³/mol. The Labute approximate surface area is 203 Å². The van der Waals surface area contributed by atoms with Gasteiger partial charge in [-0.25, -0.2) is 10.5 Å². The summed E-state index contributed by atoms with van der Waals surface area (Å²) in [6.45, 7) is 1.41. The zero-order valence-corrected chi connectivity index (χ0v) is 19.2. The number of nitrogens with zero attached hydrogens (tertiary/aromatic N) is 2. The number of fused-ring (bicyclic) bond motifs is 1. The molecule has 33 heavy (non-hydrogen) atoms. The first-order valence-electron chi connectivity index (χ1n) is 9.90. The molecule has 4 rings (SSSR count). The molecule has 0 aliphatic rings. The number of hydrogen-bond acceptors (Lipinski definition) is 6. The second-order valence-corrected chi connectivity index (χ2v) is 7.06. The van der Waals surface area contributed by atoms with Crippen molar-refractivity contribution in [2.24, 2.45) is 0 Å². The van der Waals surface area contributed by atoms with E-state index in [0.29, 0.717) is 35.2 Å². The van der Waals surface area contributed by atoms with Crippen molar-refractivity contribution in [2.75, 3.05) is 13.2 Å². The number of pyridine rings is 2. The molecule has 2 aromatic heterocycles. The molecule has 0 saturated carbocycles. The average Bonchev–Trinajstić information content (AvgIpc) is 2.83. The van der Waals surface area contributed by atoms with Gasteiger partial charge in [-0.05, 0) is 28.8 Å². The topological polar surface area (TPSA) is 107 Å². The third-order valence-corrected chi connectivity index (χ3v) is 5.04. The normalized spacial score (nSPS) is 10.2. The van der Waals surface area contributed by atoms with Crippen LogP contribution >= 0.6 is 24.8 Å². The molecule has 0 saturated heterocycles. The van der Waals surface area contributed by atoms with Crippen LogP contribution in [0, 0.1) is 0 Å². The third kappa shape index (κ3) is 6.04. The van der Waals surface area contributed by atoms with Crippen molar-refractivity contribution < 1.29 is 15.1 Å². The largest absolute Gasteiger partial charge is 0.395 e. The zero-order chi connectivity index (χ0) is 21.6. The van der Waals surface area contributed by atoms with Gasteiger partial charge < -0.3 is 10.4 Å². The Morgan fingerprint density at radius 3 is 2.18 bits per heavy atom. The SMILES string of the molecule is Cl.Cl.O=C(NO)c1cc(-c2ccc(-c3ccc(CNCCO)cc3)cc2)nc2ccncc12. The van der Waals surface area contributed by atoms with Crippen LogP contribution in [-0.4, -0.2) is 39.3 Å². The van der Waals surface area contributed by atoms with Gasteiger partial charge >= 0.3 is 0 Å². The van der Waals surface area contributed by atoms with E-state index in [-0.39, 0.29) is 31.4 Å². The van der Waals surface area contributed by atoms with Crippen molar-refractivity contribution >= 4 is 41.6 Å². The smallest absolute Gasteiger partial charge is 0.275 e. The Morgan fingerprint density at radius 2 is 1.55 bits per heavy atom. The van der Waals surface area contributed by atoms with Gasteiger partial charge in [-0.2, -0.15) is 0 Å². The summed E-state index contributed by atoms with van der Waals surface area (Å²) in [6.07, 6.45) is 3.18. The van der Waals surface area contributed by atoms with Crippen LogP contribution in [0.5, 0.6) is 0 Å². The molecule has 1 amide bonds. The van der Waals surface area contributed by atoms with Gasteiger partial charge in [-0.3, -0.25) is 15.0 Å². The molecule has 0 fully saturated rings. The number of hydroxylamine groups is 1. The minimum absolute atomic E-state index is 0. The maximum absolute atomic E-state index is 12.1. The van der Waals surface area contributed by atoms with Gasteiger partial charge in [0.2, 0.25) is 0 Å². The lowest BCUT2D eigenvalue weighted by atomic mass is 10.00. The molecule has 172 valence electrons. The average molecular weight is 487 g/mol. The van der Waals surface area contributed by atoms with E-state index in [4.69, 9.17) is 10.3 Å². The first-order valence-corrected chi connectivity index (χ1v) is 9.90. The summed E-state index contributed by atoms with van der Waals surface area (Å²) < 4.78 is 0. The Bertz CT molecular complexity index is 1200.